The van der Waals surface area contributed by atoms with Crippen LogP contribution in [-0.2, 0) is 30.2 Å². The Balaban J connectivity index is 1.48. The summed E-state index contributed by atoms with van der Waals surface area (Å²) in [6, 6.07) is 7.04. The van der Waals surface area contributed by atoms with Crippen LogP contribution in [0.1, 0.15) is 47.3 Å². The maximum absolute atomic E-state index is 13.6. The normalized spacial score (nSPS) is 25.4. The van der Waals surface area contributed by atoms with Gasteiger partial charge >= 0.3 is 17.9 Å². The highest BCUT2D eigenvalue weighted by molar-refractivity contribution is 5.91. The van der Waals surface area contributed by atoms with E-state index in [2.05, 4.69) is 4.90 Å². The second-order valence-electron chi connectivity index (χ2n) is 11.5. The van der Waals surface area contributed by atoms with Crippen molar-refractivity contribution in [3.63, 3.8) is 0 Å². The maximum atomic E-state index is 13.6. The average molecular weight is 628 g/mol. The maximum Gasteiger partial charge on any atom is 0.338 e. The molecule has 12 nitrogen and oxygen atoms in total. The largest absolute Gasteiger partial charge is 0.493 e. The summed E-state index contributed by atoms with van der Waals surface area (Å²) >= 11 is 0. The summed E-state index contributed by atoms with van der Waals surface area (Å²) in [4.78, 5) is 41.9. The fraction of sp³-hybridized carbons (Fsp3) is 0.545. The molecule has 1 saturated carbocycles. The molecule has 3 aliphatic rings. The molecule has 0 radical (unpaired) electrons. The van der Waals surface area contributed by atoms with Gasteiger partial charge in [-0.15, -0.1) is 0 Å². The molecule has 6 atom stereocenters. The number of methoxy groups -OCH3 is 6. The van der Waals surface area contributed by atoms with Gasteiger partial charge in [-0.1, -0.05) is 0 Å². The molecule has 12 heteroatoms. The van der Waals surface area contributed by atoms with Crippen molar-refractivity contribution >= 4 is 17.9 Å². The van der Waals surface area contributed by atoms with E-state index in [1.165, 1.54) is 53.1 Å². The molecule has 1 saturated heterocycles. The highest BCUT2D eigenvalue weighted by Crippen LogP contribution is 2.51. The Morgan fingerprint density at radius 1 is 0.778 bits per heavy atom. The summed E-state index contributed by atoms with van der Waals surface area (Å²) in [5.74, 6) is -0.626. The lowest BCUT2D eigenvalue weighted by atomic mass is 9.63. The van der Waals surface area contributed by atoms with Crippen molar-refractivity contribution in [1.82, 2.24) is 4.90 Å². The van der Waals surface area contributed by atoms with Crippen LogP contribution in [0.25, 0.3) is 0 Å². The number of carbonyl (C=O) groups excluding carboxylic acids is 3. The highest BCUT2D eigenvalue weighted by atomic mass is 16.6. The van der Waals surface area contributed by atoms with Crippen LogP contribution in [0.15, 0.2) is 24.3 Å². The average Bonchev–Trinajstić information content (AvgIpc) is 3.05. The van der Waals surface area contributed by atoms with Crippen molar-refractivity contribution in [2.75, 3.05) is 55.7 Å². The molecular weight excluding hydrogens is 586 g/mol. The Morgan fingerprint density at radius 2 is 1.42 bits per heavy atom. The third kappa shape index (κ3) is 6.07. The van der Waals surface area contributed by atoms with Gasteiger partial charge in [0.15, 0.2) is 29.1 Å². The molecule has 0 aromatic heterocycles. The Kier molecular flexibility index (Phi) is 9.62. The zero-order chi connectivity index (χ0) is 32.4. The third-order valence-corrected chi connectivity index (χ3v) is 9.33. The summed E-state index contributed by atoms with van der Waals surface area (Å²) in [5, 5.41) is 0. The van der Waals surface area contributed by atoms with E-state index in [0.29, 0.717) is 36.6 Å². The highest BCUT2D eigenvalue weighted by Gasteiger charge is 2.55. The first-order valence-electron chi connectivity index (χ1n) is 14.9. The fourth-order valence-electron chi connectivity index (χ4n) is 7.36. The van der Waals surface area contributed by atoms with Gasteiger partial charge < -0.3 is 37.9 Å². The summed E-state index contributed by atoms with van der Waals surface area (Å²) in [7, 11) is 8.92. The number of piperidine rings is 1. The quantitative estimate of drug-likeness (QED) is 0.298. The van der Waals surface area contributed by atoms with Gasteiger partial charge in [-0.2, -0.15) is 0 Å². The Bertz CT molecular complexity index is 1420. The Hall–Kier alpha value is -4.19. The minimum Gasteiger partial charge on any atom is -0.493 e. The van der Waals surface area contributed by atoms with Gasteiger partial charge in [0.25, 0.3) is 0 Å². The van der Waals surface area contributed by atoms with Crippen LogP contribution < -0.4 is 23.7 Å². The zero-order valence-corrected chi connectivity index (χ0v) is 26.7. The van der Waals surface area contributed by atoms with Crippen LogP contribution >= 0.6 is 0 Å². The van der Waals surface area contributed by atoms with Gasteiger partial charge in [-0.25, -0.2) is 4.79 Å². The Labute approximate surface area is 262 Å². The summed E-state index contributed by atoms with van der Waals surface area (Å²) in [6.45, 7) is 2.77. The monoisotopic (exact) mass is 627 g/mol. The molecule has 2 aliphatic heterocycles. The summed E-state index contributed by atoms with van der Waals surface area (Å²) in [6.07, 6.45) is -0.0856. The van der Waals surface area contributed by atoms with E-state index in [1.807, 2.05) is 12.1 Å². The molecule has 5 rings (SSSR count). The van der Waals surface area contributed by atoms with E-state index in [9.17, 15) is 14.4 Å². The van der Waals surface area contributed by atoms with Crippen LogP contribution in [0.4, 0.5) is 0 Å². The number of ether oxygens (including phenoxy) is 8. The molecule has 0 bridgehead atoms. The zero-order valence-electron chi connectivity index (χ0n) is 26.7. The van der Waals surface area contributed by atoms with Crippen molar-refractivity contribution in [2.24, 2.45) is 17.8 Å². The van der Waals surface area contributed by atoms with Crippen LogP contribution in [0.3, 0.4) is 0 Å². The van der Waals surface area contributed by atoms with Crippen molar-refractivity contribution in [1.29, 1.82) is 0 Å². The summed E-state index contributed by atoms with van der Waals surface area (Å²) in [5.41, 5.74) is 2.45. The van der Waals surface area contributed by atoms with E-state index in [0.717, 1.165) is 18.5 Å². The van der Waals surface area contributed by atoms with E-state index >= 15 is 0 Å². The summed E-state index contributed by atoms with van der Waals surface area (Å²) < 4.78 is 44.5. The number of benzene rings is 2. The lowest BCUT2D eigenvalue weighted by Gasteiger charge is -2.53. The second-order valence-corrected chi connectivity index (χ2v) is 11.5. The Morgan fingerprint density at radius 3 is 2.00 bits per heavy atom. The lowest BCUT2D eigenvalue weighted by molar-refractivity contribution is -0.186. The van der Waals surface area contributed by atoms with Crippen LogP contribution in [-0.4, -0.2) is 90.8 Å². The van der Waals surface area contributed by atoms with E-state index in [1.54, 1.807) is 14.2 Å². The molecule has 2 fully saturated rings. The molecule has 0 unspecified atom stereocenters. The molecule has 244 valence electrons. The van der Waals surface area contributed by atoms with Gasteiger partial charge in [-0.3, -0.25) is 14.5 Å². The van der Waals surface area contributed by atoms with E-state index in [-0.39, 0.29) is 34.9 Å². The first-order valence-corrected chi connectivity index (χ1v) is 14.9. The van der Waals surface area contributed by atoms with Gasteiger partial charge in [-0.05, 0) is 66.5 Å². The van der Waals surface area contributed by atoms with E-state index < -0.39 is 36.0 Å². The van der Waals surface area contributed by atoms with Gasteiger partial charge in [0.05, 0.1) is 48.2 Å². The fourth-order valence-corrected chi connectivity index (χ4v) is 7.36. The van der Waals surface area contributed by atoms with Crippen LogP contribution in [0.5, 0.6) is 28.7 Å². The molecule has 1 aliphatic carbocycles. The topological polar surface area (TPSA) is 128 Å². The van der Waals surface area contributed by atoms with Crippen molar-refractivity contribution in [3.05, 3.63) is 41.0 Å². The molecule has 2 aromatic rings. The number of esters is 3. The predicted octanol–water partition coefficient (Wildman–Crippen LogP) is 3.62. The molecule has 0 N–H and O–H groups in total. The number of nitrogens with zero attached hydrogens (tertiary/aromatic N) is 1. The predicted molar refractivity (Wildman–Crippen MR) is 160 cm³/mol. The van der Waals surface area contributed by atoms with Crippen molar-refractivity contribution in [3.8, 4) is 28.7 Å². The molecule has 45 heavy (non-hydrogen) atoms. The second kappa shape index (κ2) is 13.4. The molecular formula is C33H41NO11. The lowest BCUT2D eigenvalue weighted by Crippen LogP contribution is -2.58. The molecule has 0 spiro atoms. The van der Waals surface area contributed by atoms with Crippen LogP contribution in [0.2, 0.25) is 0 Å². The minimum absolute atomic E-state index is 0.0123. The standard InChI is InChI=1S/C33H41NO11/c1-17(35)44-31-28(45-32(36)19-11-26(40-4)30(42-6)27(12-19)41-5)13-20-16-34-9-8-18-10-24(38-2)25(39-3)15-21(18)23(34)14-22(20)29(31)33(37)43-7/h10-12,15,20,22-23,28-29,31H,8-9,13-14,16H2,1-7H3/t20-,22+,23+,28+,29-,31+/m1/s1. The van der Waals surface area contributed by atoms with Gasteiger partial charge in [0.2, 0.25) is 5.75 Å². The van der Waals surface area contributed by atoms with Gasteiger partial charge in [0, 0.05) is 26.1 Å². The molecule has 0 amide bonds. The smallest absolute Gasteiger partial charge is 0.338 e. The van der Waals surface area contributed by atoms with Crippen molar-refractivity contribution < 1.29 is 52.3 Å². The van der Waals surface area contributed by atoms with Crippen molar-refractivity contribution in [2.45, 2.75) is 44.4 Å². The number of carbonyl (C=O) groups is 3. The SMILES string of the molecule is COC(=O)[C@@H]1[C@H]2C[C@H]3c4cc(OC)c(OC)cc4CCN3C[C@H]2C[C@H](OC(=O)c2cc(OC)c(OC)c(OC)c2)[C@@H]1OC(C)=O. The number of hydrogen-bond donors (Lipinski definition) is 0. The molecule has 2 heterocycles. The number of rotatable bonds is 9. The van der Waals surface area contributed by atoms with Crippen LogP contribution in [0, 0.1) is 17.8 Å². The van der Waals surface area contributed by atoms with E-state index in [4.69, 9.17) is 37.9 Å². The van der Waals surface area contributed by atoms with Gasteiger partial charge in [0.1, 0.15) is 12.0 Å². The number of fused-ring (bicyclic) bond motifs is 4. The first-order chi connectivity index (χ1) is 21.7. The molecule has 2 aromatic carbocycles. The third-order valence-electron chi connectivity index (χ3n) is 9.33. The minimum atomic E-state index is -1.04. The number of hydrogen-bond acceptors (Lipinski definition) is 12. The first kappa shape index (κ1) is 32.2.